The number of benzene rings is 1. The van der Waals surface area contributed by atoms with Crippen LogP contribution in [0.15, 0.2) is 29.8 Å². The predicted octanol–water partition coefficient (Wildman–Crippen LogP) is 2.71. The van der Waals surface area contributed by atoms with E-state index in [9.17, 15) is 18.8 Å². The van der Waals surface area contributed by atoms with Crippen LogP contribution >= 0.6 is 0 Å². The molecule has 0 bridgehead atoms. The van der Waals surface area contributed by atoms with Gasteiger partial charge < -0.3 is 4.74 Å². The van der Waals surface area contributed by atoms with Gasteiger partial charge in [0.25, 0.3) is 5.78 Å². The Hall–Kier alpha value is -2.30. The van der Waals surface area contributed by atoms with E-state index < -0.39 is 17.7 Å². The van der Waals surface area contributed by atoms with Gasteiger partial charge in [0.05, 0.1) is 12.5 Å². The molecule has 5 heteroatoms. The van der Waals surface area contributed by atoms with Gasteiger partial charge in [0, 0.05) is 0 Å². The largest absolute Gasteiger partial charge is 0.460 e. The number of allylic oxidation sites excluding steroid dienone is 1. The number of Topliss-reactive ketones (excluding diaryl/α,β-unsaturated/α-hetero) is 2. The number of ether oxygens (including phenoxy) is 1. The van der Waals surface area contributed by atoms with Crippen molar-refractivity contribution in [3.05, 3.63) is 41.2 Å². The van der Waals surface area contributed by atoms with Gasteiger partial charge in [-0.05, 0) is 55.5 Å². The second-order valence-electron chi connectivity index (χ2n) is 5.11. The van der Waals surface area contributed by atoms with Crippen molar-refractivity contribution in [2.24, 2.45) is 5.92 Å². The van der Waals surface area contributed by atoms with Gasteiger partial charge in [0.15, 0.2) is 5.78 Å². The standard InChI is InChI=1S/C17H17FO4/c1-2-22-17(21)16(20)14-5-3-4-12(15(14)19)10-11-6-8-13(18)9-7-11/h6-10,14H,2-5H2,1H3/b12-10+. The number of rotatable bonds is 4. The van der Waals surface area contributed by atoms with E-state index in [0.29, 0.717) is 30.4 Å². The zero-order chi connectivity index (χ0) is 16.1. The summed E-state index contributed by atoms with van der Waals surface area (Å²) >= 11 is 0. The molecule has 1 aromatic carbocycles. The van der Waals surface area contributed by atoms with Gasteiger partial charge in [-0.25, -0.2) is 9.18 Å². The highest BCUT2D eigenvalue weighted by atomic mass is 19.1. The highest BCUT2D eigenvalue weighted by Crippen LogP contribution is 2.28. The zero-order valence-corrected chi connectivity index (χ0v) is 12.3. The molecule has 0 heterocycles. The fourth-order valence-corrected chi connectivity index (χ4v) is 2.47. The summed E-state index contributed by atoms with van der Waals surface area (Å²) in [5.74, 6) is -3.39. The number of hydrogen-bond donors (Lipinski definition) is 0. The summed E-state index contributed by atoms with van der Waals surface area (Å²) in [6.45, 7) is 1.71. The third-order valence-corrected chi connectivity index (χ3v) is 3.58. The molecule has 1 aliphatic carbocycles. The number of esters is 1. The first kappa shape index (κ1) is 16.1. The first-order valence-corrected chi connectivity index (χ1v) is 7.24. The summed E-state index contributed by atoms with van der Waals surface area (Å²) in [7, 11) is 0. The van der Waals surface area contributed by atoms with Gasteiger partial charge in [0.2, 0.25) is 0 Å². The summed E-state index contributed by atoms with van der Waals surface area (Å²) in [4.78, 5) is 35.9. The number of ketones is 2. The molecular formula is C17H17FO4. The fraction of sp³-hybridized carbons (Fsp3) is 0.353. The highest BCUT2D eigenvalue weighted by molar-refractivity contribution is 6.39. The van der Waals surface area contributed by atoms with Crippen LogP contribution in [0.4, 0.5) is 4.39 Å². The van der Waals surface area contributed by atoms with E-state index in [4.69, 9.17) is 0 Å². The zero-order valence-electron chi connectivity index (χ0n) is 12.3. The molecular weight excluding hydrogens is 287 g/mol. The summed E-state index contributed by atoms with van der Waals surface area (Å²) in [5, 5.41) is 0. The maximum atomic E-state index is 12.9. The van der Waals surface area contributed by atoms with Gasteiger partial charge >= 0.3 is 5.97 Å². The van der Waals surface area contributed by atoms with Crippen LogP contribution in [-0.2, 0) is 19.1 Å². The highest BCUT2D eigenvalue weighted by Gasteiger charge is 2.36. The van der Waals surface area contributed by atoms with Crippen molar-refractivity contribution in [3.8, 4) is 0 Å². The SMILES string of the molecule is CCOC(=O)C(=O)C1CCC/C(=C\c2ccc(F)cc2)C1=O. The second kappa shape index (κ2) is 7.11. The third kappa shape index (κ3) is 3.67. The lowest BCUT2D eigenvalue weighted by atomic mass is 9.81. The van der Waals surface area contributed by atoms with Crippen molar-refractivity contribution >= 4 is 23.6 Å². The van der Waals surface area contributed by atoms with Crippen LogP contribution in [0.2, 0.25) is 0 Å². The maximum Gasteiger partial charge on any atom is 0.375 e. The Morgan fingerprint density at radius 2 is 2.00 bits per heavy atom. The van der Waals surface area contributed by atoms with Gasteiger partial charge in [-0.2, -0.15) is 0 Å². The van der Waals surface area contributed by atoms with Crippen LogP contribution in [0.3, 0.4) is 0 Å². The Labute approximate surface area is 128 Å². The van der Waals surface area contributed by atoms with E-state index >= 15 is 0 Å². The minimum atomic E-state index is -0.959. The lowest BCUT2D eigenvalue weighted by molar-refractivity contribution is -0.156. The van der Waals surface area contributed by atoms with E-state index in [1.807, 2.05) is 0 Å². The Morgan fingerprint density at radius 1 is 1.32 bits per heavy atom. The number of halogens is 1. The van der Waals surface area contributed by atoms with E-state index in [-0.39, 0.29) is 18.2 Å². The molecule has 0 N–H and O–H groups in total. The van der Waals surface area contributed by atoms with Gasteiger partial charge in [-0.1, -0.05) is 12.1 Å². The van der Waals surface area contributed by atoms with Crippen molar-refractivity contribution in [2.75, 3.05) is 6.61 Å². The van der Waals surface area contributed by atoms with Crippen LogP contribution in [0.1, 0.15) is 31.7 Å². The van der Waals surface area contributed by atoms with Crippen LogP contribution in [0.25, 0.3) is 6.08 Å². The molecule has 2 rings (SSSR count). The van der Waals surface area contributed by atoms with E-state index in [0.717, 1.165) is 0 Å². The van der Waals surface area contributed by atoms with E-state index in [2.05, 4.69) is 4.74 Å². The molecule has 0 aromatic heterocycles. The minimum absolute atomic E-state index is 0.101. The van der Waals surface area contributed by atoms with Gasteiger partial charge in [-0.15, -0.1) is 0 Å². The monoisotopic (exact) mass is 304 g/mol. The van der Waals surface area contributed by atoms with Gasteiger partial charge in [0.1, 0.15) is 5.82 Å². The van der Waals surface area contributed by atoms with E-state index in [1.54, 1.807) is 25.1 Å². The number of carbonyl (C=O) groups excluding carboxylic acids is 3. The van der Waals surface area contributed by atoms with Crippen molar-refractivity contribution in [3.63, 3.8) is 0 Å². The first-order chi connectivity index (χ1) is 10.5. The summed E-state index contributed by atoms with van der Waals surface area (Å²) in [5.41, 5.74) is 1.18. The molecule has 1 aromatic rings. The fourth-order valence-electron chi connectivity index (χ4n) is 2.47. The van der Waals surface area contributed by atoms with Gasteiger partial charge in [-0.3, -0.25) is 9.59 Å². The summed E-state index contributed by atoms with van der Waals surface area (Å²) < 4.78 is 17.6. The molecule has 0 radical (unpaired) electrons. The molecule has 1 aliphatic rings. The number of carbonyl (C=O) groups is 3. The molecule has 1 saturated carbocycles. The molecule has 4 nitrogen and oxygen atoms in total. The Morgan fingerprint density at radius 3 is 2.64 bits per heavy atom. The molecule has 22 heavy (non-hydrogen) atoms. The summed E-state index contributed by atoms with van der Waals surface area (Å²) in [6.07, 6.45) is 3.20. The topological polar surface area (TPSA) is 60.4 Å². The Kier molecular flexibility index (Phi) is 5.20. The van der Waals surface area contributed by atoms with Crippen LogP contribution < -0.4 is 0 Å². The molecule has 1 atom stereocenters. The smallest absolute Gasteiger partial charge is 0.375 e. The van der Waals surface area contributed by atoms with Crippen LogP contribution in [0, 0.1) is 11.7 Å². The molecule has 1 unspecified atom stereocenters. The lowest BCUT2D eigenvalue weighted by Crippen LogP contribution is -2.34. The molecule has 0 aliphatic heterocycles. The minimum Gasteiger partial charge on any atom is -0.460 e. The first-order valence-electron chi connectivity index (χ1n) is 7.24. The number of hydrogen-bond acceptors (Lipinski definition) is 4. The maximum absolute atomic E-state index is 12.9. The molecule has 0 spiro atoms. The van der Waals surface area contributed by atoms with Crippen LogP contribution in [-0.4, -0.2) is 24.1 Å². The van der Waals surface area contributed by atoms with E-state index in [1.165, 1.54) is 12.1 Å². The predicted molar refractivity (Wildman–Crippen MR) is 78.4 cm³/mol. The average molecular weight is 304 g/mol. The Balaban J connectivity index is 2.17. The molecule has 0 saturated heterocycles. The van der Waals surface area contributed by atoms with Crippen molar-refractivity contribution in [2.45, 2.75) is 26.2 Å². The second-order valence-corrected chi connectivity index (χ2v) is 5.11. The van der Waals surface area contributed by atoms with Crippen molar-refractivity contribution in [1.29, 1.82) is 0 Å². The average Bonchev–Trinajstić information content (AvgIpc) is 2.51. The normalized spacial score (nSPS) is 20.0. The molecule has 116 valence electrons. The lowest BCUT2D eigenvalue weighted by Gasteiger charge is -2.21. The van der Waals surface area contributed by atoms with Crippen molar-refractivity contribution in [1.82, 2.24) is 0 Å². The molecule has 1 fully saturated rings. The van der Waals surface area contributed by atoms with Crippen LogP contribution in [0.5, 0.6) is 0 Å². The third-order valence-electron chi connectivity index (χ3n) is 3.58. The Bertz CT molecular complexity index is 616. The summed E-state index contributed by atoms with van der Waals surface area (Å²) in [6, 6.07) is 5.74. The quantitative estimate of drug-likeness (QED) is 0.371. The van der Waals surface area contributed by atoms with Crippen molar-refractivity contribution < 1.29 is 23.5 Å². The molecule has 0 amide bonds.